The molecule has 2 aromatic rings. The van der Waals surface area contributed by atoms with Gasteiger partial charge < -0.3 is 19.4 Å². The first kappa shape index (κ1) is 17.1. The summed E-state index contributed by atoms with van der Waals surface area (Å²) < 4.78 is 12.2. The molecule has 6 heteroatoms. The maximum Gasteiger partial charge on any atom is 0.263 e. The van der Waals surface area contributed by atoms with Crippen molar-refractivity contribution in [1.29, 1.82) is 0 Å². The molecular formula is C19H22N2O4. The van der Waals surface area contributed by atoms with Crippen LogP contribution >= 0.6 is 0 Å². The first-order chi connectivity index (χ1) is 12.0. The topological polar surface area (TPSA) is 69.6 Å². The number of nitrogens with zero attached hydrogens (tertiary/aromatic N) is 1. The highest BCUT2D eigenvalue weighted by molar-refractivity contribution is 6.05. The zero-order valence-corrected chi connectivity index (χ0v) is 14.7. The Bertz CT molecular complexity index is 855. The van der Waals surface area contributed by atoms with Crippen LogP contribution in [0.25, 0.3) is 0 Å². The molecule has 132 valence electrons. The van der Waals surface area contributed by atoms with Gasteiger partial charge in [-0.1, -0.05) is 13.8 Å². The molecule has 25 heavy (non-hydrogen) atoms. The van der Waals surface area contributed by atoms with Crippen molar-refractivity contribution in [3.8, 4) is 11.5 Å². The van der Waals surface area contributed by atoms with E-state index in [-0.39, 0.29) is 17.9 Å². The average Bonchev–Trinajstić information content (AvgIpc) is 3.01. The van der Waals surface area contributed by atoms with E-state index >= 15 is 0 Å². The van der Waals surface area contributed by atoms with Gasteiger partial charge in [0.15, 0.2) is 11.5 Å². The van der Waals surface area contributed by atoms with E-state index in [1.807, 2.05) is 0 Å². The number of amides is 1. The molecule has 0 bridgehead atoms. The van der Waals surface area contributed by atoms with Gasteiger partial charge in [0.25, 0.3) is 11.5 Å². The second kappa shape index (κ2) is 7.01. The van der Waals surface area contributed by atoms with Gasteiger partial charge in [0.05, 0.1) is 0 Å². The molecule has 1 N–H and O–H groups in total. The lowest BCUT2D eigenvalue weighted by Gasteiger charge is -2.12. The van der Waals surface area contributed by atoms with Crippen LogP contribution in [0.2, 0.25) is 0 Å². The van der Waals surface area contributed by atoms with Crippen molar-refractivity contribution < 1.29 is 14.3 Å². The van der Waals surface area contributed by atoms with E-state index in [0.29, 0.717) is 35.2 Å². The van der Waals surface area contributed by atoms with Crippen LogP contribution in [0, 0.1) is 12.8 Å². The Balaban J connectivity index is 1.84. The number of carbonyl (C=O) groups is 1. The molecule has 3 rings (SSSR count). The van der Waals surface area contributed by atoms with Crippen LogP contribution in [0.3, 0.4) is 0 Å². The molecular weight excluding hydrogens is 320 g/mol. The van der Waals surface area contributed by atoms with Crippen molar-refractivity contribution in [3.05, 3.63) is 51.9 Å². The first-order valence-electron chi connectivity index (χ1n) is 8.36. The van der Waals surface area contributed by atoms with Crippen LogP contribution in [0.5, 0.6) is 11.5 Å². The number of fused-ring (bicyclic) bond motifs is 1. The van der Waals surface area contributed by atoms with Crippen LogP contribution in [-0.4, -0.2) is 17.3 Å². The van der Waals surface area contributed by atoms with Gasteiger partial charge in [-0.05, 0) is 43.0 Å². The van der Waals surface area contributed by atoms with Gasteiger partial charge in [-0.3, -0.25) is 9.59 Å². The SMILES string of the molecule is Cc1ccn(CCC(C)C)c(=O)c1C(=O)Nc1ccc2c(c1)OCO2. The van der Waals surface area contributed by atoms with Crippen molar-refractivity contribution in [2.75, 3.05) is 12.1 Å². The zero-order chi connectivity index (χ0) is 18.0. The second-order valence-electron chi connectivity index (χ2n) is 6.58. The van der Waals surface area contributed by atoms with Gasteiger partial charge in [-0.25, -0.2) is 0 Å². The van der Waals surface area contributed by atoms with E-state index in [1.54, 1.807) is 42.0 Å². The molecule has 1 amide bonds. The summed E-state index contributed by atoms with van der Waals surface area (Å²) in [4.78, 5) is 25.3. The predicted molar refractivity (Wildman–Crippen MR) is 95.4 cm³/mol. The quantitative estimate of drug-likeness (QED) is 0.906. The number of nitrogens with one attached hydrogen (secondary N) is 1. The number of pyridine rings is 1. The van der Waals surface area contributed by atoms with Gasteiger partial charge in [0.2, 0.25) is 6.79 Å². The van der Waals surface area contributed by atoms with Gasteiger partial charge in [0.1, 0.15) is 5.56 Å². The van der Waals surface area contributed by atoms with Crippen molar-refractivity contribution in [3.63, 3.8) is 0 Å². The smallest absolute Gasteiger partial charge is 0.263 e. The number of benzene rings is 1. The van der Waals surface area contributed by atoms with Crippen LogP contribution in [0.4, 0.5) is 5.69 Å². The molecule has 0 radical (unpaired) electrons. The Morgan fingerprint density at radius 1 is 1.24 bits per heavy atom. The Labute approximate surface area is 146 Å². The molecule has 1 aromatic carbocycles. The van der Waals surface area contributed by atoms with E-state index in [0.717, 1.165) is 6.42 Å². The van der Waals surface area contributed by atoms with E-state index in [2.05, 4.69) is 19.2 Å². The number of aryl methyl sites for hydroxylation is 2. The lowest BCUT2D eigenvalue weighted by Crippen LogP contribution is -2.30. The van der Waals surface area contributed by atoms with Gasteiger partial charge >= 0.3 is 0 Å². The summed E-state index contributed by atoms with van der Waals surface area (Å²) in [6.07, 6.45) is 2.63. The van der Waals surface area contributed by atoms with Crippen LogP contribution in [0.15, 0.2) is 35.3 Å². The number of hydrogen-bond donors (Lipinski definition) is 1. The minimum absolute atomic E-state index is 0.170. The summed E-state index contributed by atoms with van der Waals surface area (Å²) in [7, 11) is 0. The molecule has 1 aliphatic rings. The van der Waals surface area contributed by atoms with Crippen molar-refractivity contribution >= 4 is 11.6 Å². The predicted octanol–water partition coefficient (Wildman–Crippen LogP) is 3.18. The third kappa shape index (κ3) is 3.68. The molecule has 0 spiro atoms. The number of aromatic nitrogens is 1. The number of hydrogen-bond acceptors (Lipinski definition) is 4. The highest BCUT2D eigenvalue weighted by Crippen LogP contribution is 2.34. The third-order valence-corrected chi connectivity index (χ3v) is 4.18. The summed E-state index contributed by atoms with van der Waals surface area (Å²) in [5.74, 6) is 1.29. The minimum Gasteiger partial charge on any atom is -0.454 e. The molecule has 0 saturated heterocycles. The summed E-state index contributed by atoms with van der Waals surface area (Å²) in [6.45, 7) is 6.74. The summed E-state index contributed by atoms with van der Waals surface area (Å²) in [5.41, 5.74) is 1.12. The average molecular weight is 342 g/mol. The molecule has 6 nitrogen and oxygen atoms in total. The minimum atomic E-state index is -0.416. The van der Waals surface area contributed by atoms with Crippen LogP contribution in [0.1, 0.15) is 36.2 Å². The number of carbonyl (C=O) groups excluding carboxylic acids is 1. The maximum atomic E-state index is 12.7. The normalized spacial score (nSPS) is 12.5. The summed E-state index contributed by atoms with van der Waals surface area (Å²) >= 11 is 0. The summed E-state index contributed by atoms with van der Waals surface area (Å²) in [6, 6.07) is 6.95. The number of rotatable bonds is 5. The second-order valence-corrected chi connectivity index (χ2v) is 6.58. The van der Waals surface area contributed by atoms with E-state index in [1.165, 1.54) is 0 Å². The van der Waals surface area contributed by atoms with Crippen molar-refractivity contribution in [2.45, 2.75) is 33.7 Å². The highest BCUT2D eigenvalue weighted by atomic mass is 16.7. The fraction of sp³-hybridized carbons (Fsp3) is 0.368. The Hall–Kier alpha value is -2.76. The van der Waals surface area contributed by atoms with Gasteiger partial charge in [-0.2, -0.15) is 0 Å². The largest absolute Gasteiger partial charge is 0.454 e. The van der Waals surface area contributed by atoms with E-state index in [4.69, 9.17) is 9.47 Å². The van der Waals surface area contributed by atoms with E-state index in [9.17, 15) is 9.59 Å². The third-order valence-electron chi connectivity index (χ3n) is 4.18. The molecule has 0 fully saturated rings. The summed E-state index contributed by atoms with van der Waals surface area (Å²) in [5, 5.41) is 2.77. The van der Waals surface area contributed by atoms with Crippen LogP contribution < -0.4 is 20.3 Å². The molecule has 1 aromatic heterocycles. The molecule has 2 heterocycles. The Kier molecular flexibility index (Phi) is 4.79. The molecule has 1 aliphatic heterocycles. The van der Waals surface area contributed by atoms with Crippen LogP contribution in [-0.2, 0) is 6.54 Å². The zero-order valence-electron chi connectivity index (χ0n) is 14.7. The fourth-order valence-corrected chi connectivity index (χ4v) is 2.68. The monoisotopic (exact) mass is 342 g/mol. The highest BCUT2D eigenvalue weighted by Gasteiger charge is 2.18. The lowest BCUT2D eigenvalue weighted by molar-refractivity contribution is 0.102. The van der Waals surface area contributed by atoms with Crippen molar-refractivity contribution in [2.24, 2.45) is 5.92 Å². The molecule has 0 unspecified atom stereocenters. The van der Waals surface area contributed by atoms with Crippen molar-refractivity contribution in [1.82, 2.24) is 4.57 Å². The Morgan fingerprint density at radius 2 is 2.00 bits per heavy atom. The lowest BCUT2D eigenvalue weighted by atomic mass is 10.1. The standard InChI is InChI=1S/C19H22N2O4/c1-12(2)6-8-21-9-7-13(3)17(19(21)23)18(22)20-14-4-5-15-16(10-14)25-11-24-15/h4-5,7,9-10,12H,6,8,11H2,1-3H3,(H,20,22). The number of ether oxygens (including phenoxy) is 2. The van der Waals surface area contributed by atoms with Gasteiger partial charge in [0, 0.05) is 24.5 Å². The molecule has 0 aliphatic carbocycles. The van der Waals surface area contributed by atoms with Gasteiger partial charge in [-0.15, -0.1) is 0 Å². The fourth-order valence-electron chi connectivity index (χ4n) is 2.68. The molecule has 0 saturated carbocycles. The van der Waals surface area contributed by atoms with E-state index < -0.39 is 5.91 Å². The molecule has 0 atom stereocenters. The maximum absolute atomic E-state index is 12.7. The number of anilines is 1. The first-order valence-corrected chi connectivity index (χ1v) is 8.36. The Morgan fingerprint density at radius 3 is 2.76 bits per heavy atom.